The molecule has 2 atom stereocenters. The quantitative estimate of drug-likeness (QED) is 0.761. The summed E-state index contributed by atoms with van der Waals surface area (Å²) in [5.74, 6) is 0.313. The molecule has 1 amide bonds. The molecule has 0 bridgehead atoms. The fourth-order valence-corrected chi connectivity index (χ4v) is 2.16. The molecule has 1 aliphatic rings. The summed E-state index contributed by atoms with van der Waals surface area (Å²) in [6, 6.07) is 0.177. The van der Waals surface area contributed by atoms with Crippen molar-refractivity contribution in [3.05, 3.63) is 18.2 Å². The Morgan fingerprint density at radius 3 is 2.94 bits per heavy atom. The summed E-state index contributed by atoms with van der Waals surface area (Å²) < 4.78 is 1.71. The third-order valence-corrected chi connectivity index (χ3v) is 3.16. The number of hydrogen-bond donors (Lipinski definition) is 2. The van der Waals surface area contributed by atoms with Gasteiger partial charge < -0.3 is 15.6 Å². The van der Waals surface area contributed by atoms with Crippen molar-refractivity contribution in [3.8, 4) is 0 Å². The number of hydrogen-bond acceptors (Lipinski definition) is 3. The van der Waals surface area contributed by atoms with Gasteiger partial charge in [-0.2, -0.15) is 0 Å². The average Bonchev–Trinajstić information content (AvgIpc) is 2.68. The van der Waals surface area contributed by atoms with Gasteiger partial charge in [-0.25, -0.2) is 4.98 Å². The van der Waals surface area contributed by atoms with Crippen LogP contribution < -0.4 is 11.1 Å². The highest BCUT2D eigenvalue weighted by Crippen LogP contribution is 2.17. The molecule has 5 heteroatoms. The molecule has 0 spiro atoms. The molecule has 88 valence electrons. The van der Waals surface area contributed by atoms with Gasteiger partial charge >= 0.3 is 0 Å². The maximum atomic E-state index is 11.9. The molecule has 1 heterocycles. The van der Waals surface area contributed by atoms with E-state index in [2.05, 4.69) is 10.3 Å². The summed E-state index contributed by atoms with van der Waals surface area (Å²) in [6.45, 7) is 0. The van der Waals surface area contributed by atoms with Crippen molar-refractivity contribution in [2.75, 3.05) is 0 Å². The SMILES string of the molecule is Cn1ccnc1C(=O)NC1CCCCC1N. The first kappa shape index (κ1) is 11.1. The molecule has 0 radical (unpaired) electrons. The first-order valence-corrected chi connectivity index (χ1v) is 5.72. The van der Waals surface area contributed by atoms with Crippen LogP contribution in [-0.4, -0.2) is 27.5 Å². The molecule has 2 rings (SSSR count). The van der Waals surface area contributed by atoms with E-state index in [1.165, 1.54) is 0 Å². The zero-order valence-electron chi connectivity index (χ0n) is 9.52. The van der Waals surface area contributed by atoms with Gasteiger partial charge in [-0.15, -0.1) is 0 Å². The van der Waals surface area contributed by atoms with E-state index in [1.807, 2.05) is 7.05 Å². The Kier molecular flexibility index (Phi) is 3.24. The number of imidazole rings is 1. The minimum absolute atomic E-state index is 0.0815. The normalized spacial score (nSPS) is 25.4. The number of carbonyl (C=O) groups is 1. The third-order valence-electron chi connectivity index (χ3n) is 3.16. The zero-order valence-corrected chi connectivity index (χ0v) is 9.52. The summed E-state index contributed by atoms with van der Waals surface area (Å²) >= 11 is 0. The van der Waals surface area contributed by atoms with Crippen molar-refractivity contribution < 1.29 is 4.79 Å². The number of aryl methyl sites for hydroxylation is 1. The minimum Gasteiger partial charge on any atom is -0.345 e. The van der Waals surface area contributed by atoms with Crippen molar-refractivity contribution in [1.82, 2.24) is 14.9 Å². The molecule has 5 nitrogen and oxygen atoms in total. The van der Waals surface area contributed by atoms with E-state index in [0.717, 1.165) is 25.7 Å². The number of nitrogens with zero attached hydrogens (tertiary/aromatic N) is 2. The standard InChI is InChI=1S/C11H18N4O/c1-15-7-6-13-10(15)11(16)14-9-5-3-2-4-8(9)12/h6-9H,2-5,12H2,1H3,(H,14,16). The Morgan fingerprint density at radius 1 is 1.56 bits per heavy atom. The Hall–Kier alpha value is -1.36. The lowest BCUT2D eigenvalue weighted by Gasteiger charge is -2.29. The van der Waals surface area contributed by atoms with Gasteiger partial charge in [0.05, 0.1) is 0 Å². The third kappa shape index (κ3) is 2.24. The highest BCUT2D eigenvalue weighted by atomic mass is 16.2. The summed E-state index contributed by atoms with van der Waals surface area (Å²) in [7, 11) is 1.81. The van der Waals surface area contributed by atoms with E-state index in [9.17, 15) is 4.79 Å². The second-order valence-electron chi connectivity index (χ2n) is 4.39. The van der Waals surface area contributed by atoms with Crippen LogP contribution in [0, 0.1) is 0 Å². The van der Waals surface area contributed by atoms with Crippen LogP contribution in [0.3, 0.4) is 0 Å². The molecule has 2 unspecified atom stereocenters. The Bertz CT molecular complexity index is 374. The van der Waals surface area contributed by atoms with Crippen LogP contribution in [0.25, 0.3) is 0 Å². The zero-order chi connectivity index (χ0) is 11.5. The van der Waals surface area contributed by atoms with Crippen LogP contribution in [0.2, 0.25) is 0 Å². The van der Waals surface area contributed by atoms with Crippen molar-refractivity contribution in [1.29, 1.82) is 0 Å². The molecule has 1 saturated carbocycles. The Morgan fingerprint density at radius 2 is 2.31 bits per heavy atom. The molecule has 1 aliphatic carbocycles. The second kappa shape index (κ2) is 4.65. The first-order valence-electron chi connectivity index (χ1n) is 5.72. The lowest BCUT2D eigenvalue weighted by molar-refractivity contribution is 0.0907. The van der Waals surface area contributed by atoms with Crippen LogP contribution in [0.15, 0.2) is 12.4 Å². The van der Waals surface area contributed by atoms with E-state index in [4.69, 9.17) is 5.73 Å². The molecule has 0 saturated heterocycles. The van der Waals surface area contributed by atoms with Gasteiger partial charge in [-0.1, -0.05) is 12.8 Å². The predicted molar refractivity (Wildman–Crippen MR) is 60.9 cm³/mol. The smallest absolute Gasteiger partial charge is 0.287 e. The molecule has 1 fully saturated rings. The monoisotopic (exact) mass is 222 g/mol. The Balaban J connectivity index is 1.99. The number of amides is 1. The molecule has 1 aromatic rings. The average molecular weight is 222 g/mol. The fraction of sp³-hybridized carbons (Fsp3) is 0.636. The van der Waals surface area contributed by atoms with Gasteiger partial charge in [-0.3, -0.25) is 4.79 Å². The molecular weight excluding hydrogens is 204 g/mol. The number of carbonyl (C=O) groups excluding carboxylic acids is 1. The summed E-state index contributed by atoms with van der Waals surface area (Å²) in [6.07, 6.45) is 7.64. The first-order chi connectivity index (χ1) is 7.68. The molecule has 0 aromatic carbocycles. The molecule has 0 aliphatic heterocycles. The van der Waals surface area contributed by atoms with Gasteiger partial charge in [0.25, 0.3) is 5.91 Å². The van der Waals surface area contributed by atoms with E-state index >= 15 is 0 Å². The van der Waals surface area contributed by atoms with Crippen molar-refractivity contribution in [2.45, 2.75) is 37.8 Å². The van der Waals surface area contributed by atoms with E-state index in [-0.39, 0.29) is 18.0 Å². The minimum atomic E-state index is -0.130. The van der Waals surface area contributed by atoms with Gasteiger partial charge in [0, 0.05) is 31.5 Å². The van der Waals surface area contributed by atoms with Gasteiger partial charge in [0.15, 0.2) is 5.82 Å². The van der Waals surface area contributed by atoms with Gasteiger partial charge in [-0.05, 0) is 12.8 Å². The highest BCUT2D eigenvalue weighted by molar-refractivity contribution is 5.91. The molecule has 3 N–H and O–H groups in total. The number of nitrogens with one attached hydrogen (secondary N) is 1. The van der Waals surface area contributed by atoms with Crippen molar-refractivity contribution >= 4 is 5.91 Å². The van der Waals surface area contributed by atoms with Crippen LogP contribution in [0.5, 0.6) is 0 Å². The second-order valence-corrected chi connectivity index (χ2v) is 4.39. The highest BCUT2D eigenvalue weighted by Gasteiger charge is 2.24. The maximum absolute atomic E-state index is 11.9. The summed E-state index contributed by atoms with van der Waals surface area (Å²) in [5, 5.41) is 2.96. The topological polar surface area (TPSA) is 72.9 Å². The van der Waals surface area contributed by atoms with Crippen molar-refractivity contribution in [3.63, 3.8) is 0 Å². The largest absolute Gasteiger partial charge is 0.345 e. The number of nitrogens with two attached hydrogens (primary N) is 1. The predicted octanol–water partition coefficient (Wildman–Crippen LogP) is 0.420. The van der Waals surface area contributed by atoms with E-state index < -0.39 is 0 Å². The van der Waals surface area contributed by atoms with Crippen LogP contribution >= 0.6 is 0 Å². The van der Waals surface area contributed by atoms with Crippen LogP contribution in [0.1, 0.15) is 36.3 Å². The lowest BCUT2D eigenvalue weighted by Crippen LogP contribution is -2.49. The lowest BCUT2D eigenvalue weighted by atomic mass is 9.91. The van der Waals surface area contributed by atoms with Crippen LogP contribution in [-0.2, 0) is 7.05 Å². The maximum Gasteiger partial charge on any atom is 0.287 e. The van der Waals surface area contributed by atoms with Crippen LogP contribution in [0.4, 0.5) is 0 Å². The molecular formula is C11H18N4O. The number of aromatic nitrogens is 2. The Labute approximate surface area is 95.0 Å². The number of rotatable bonds is 2. The van der Waals surface area contributed by atoms with Gasteiger partial charge in [0.2, 0.25) is 0 Å². The van der Waals surface area contributed by atoms with E-state index in [0.29, 0.717) is 5.82 Å². The summed E-state index contributed by atoms with van der Waals surface area (Å²) in [4.78, 5) is 15.9. The summed E-state index contributed by atoms with van der Waals surface area (Å²) in [5.41, 5.74) is 5.98. The molecule has 1 aromatic heterocycles. The van der Waals surface area contributed by atoms with Crippen molar-refractivity contribution in [2.24, 2.45) is 12.8 Å². The van der Waals surface area contributed by atoms with E-state index in [1.54, 1.807) is 17.0 Å². The van der Waals surface area contributed by atoms with Gasteiger partial charge in [0.1, 0.15) is 0 Å². The fourth-order valence-electron chi connectivity index (χ4n) is 2.16. The molecule has 16 heavy (non-hydrogen) atoms.